The molecule has 0 radical (unpaired) electrons. The van der Waals surface area contributed by atoms with E-state index in [1.54, 1.807) is 5.32 Å². The molecule has 1 amide bonds. The number of carbonyl (C=O) groups is 2. The number of benzene rings is 2. The number of alkyl halides is 11. The molecular weight excluding hydrogens is 760 g/mol. The quantitative estimate of drug-likeness (QED) is 0.137. The summed E-state index contributed by atoms with van der Waals surface area (Å²) in [5.74, 6) is -29.0. The van der Waals surface area contributed by atoms with E-state index < -0.39 is 93.8 Å². The third-order valence-electron chi connectivity index (χ3n) is 4.82. The Labute approximate surface area is 294 Å². The fraction of sp³-hybridized carbons (Fsp3) is 0.263. The zero-order valence-corrected chi connectivity index (χ0v) is 26.8. The molecule has 43 heavy (non-hydrogen) atoms. The molecule has 0 atom stereocenters. The van der Waals surface area contributed by atoms with Crippen LogP contribution in [0.4, 0.5) is 54.0 Å². The van der Waals surface area contributed by atoms with Crippen molar-refractivity contribution >= 4 is 74.1 Å². The Bertz CT molecular complexity index is 1560. The number of hydrogen-bond donors (Lipinski definition) is 1. The van der Waals surface area contributed by atoms with Crippen molar-refractivity contribution in [1.82, 2.24) is 0 Å². The minimum atomic E-state index is -8.04. The van der Waals surface area contributed by atoms with Gasteiger partial charge in [0, 0.05) is 17.3 Å². The average molecular weight is 765 g/mol. The van der Waals surface area contributed by atoms with Gasteiger partial charge in [0.1, 0.15) is 5.75 Å². The van der Waals surface area contributed by atoms with Crippen LogP contribution in [0.5, 0.6) is 5.75 Å². The number of nitrogens with one attached hydrogen (secondary N) is 1. The molecule has 0 bridgehead atoms. The van der Waals surface area contributed by atoms with Gasteiger partial charge in [0.25, 0.3) is 5.91 Å². The summed E-state index contributed by atoms with van der Waals surface area (Å²) in [7, 11) is -7.53. The van der Waals surface area contributed by atoms with Gasteiger partial charge in [0.05, 0.1) is 31.6 Å². The molecule has 7 nitrogen and oxygen atoms in total. The minimum Gasteiger partial charge on any atom is -0.545 e. The van der Waals surface area contributed by atoms with Crippen LogP contribution < -0.4 is 66.0 Å². The van der Waals surface area contributed by atoms with Gasteiger partial charge in [0.2, 0.25) is 0 Å². The molecule has 0 unspecified atom stereocenters. The number of anilines is 1. The van der Waals surface area contributed by atoms with Crippen molar-refractivity contribution in [3.8, 4) is 5.75 Å². The summed E-state index contributed by atoms with van der Waals surface area (Å²) in [6.45, 7) is 0. The fourth-order valence-electron chi connectivity index (χ4n) is 2.75. The van der Waals surface area contributed by atoms with E-state index in [1.807, 2.05) is 0 Å². The van der Waals surface area contributed by atoms with Crippen molar-refractivity contribution in [2.75, 3.05) is 5.32 Å². The van der Waals surface area contributed by atoms with E-state index in [-0.39, 0.29) is 57.5 Å². The van der Waals surface area contributed by atoms with Gasteiger partial charge in [-0.05, 0) is 12.1 Å². The average Bonchev–Trinajstić information content (AvgIpc) is 2.83. The monoisotopic (exact) mass is 763 g/mol. The topological polar surface area (TPSA) is 113 Å². The number of carboxylic acid groups (broad SMARTS) is 1. The van der Waals surface area contributed by atoms with Gasteiger partial charge in [-0.3, -0.25) is 4.79 Å². The summed E-state index contributed by atoms with van der Waals surface area (Å²) in [5, 5.41) is 2.84. The maximum atomic E-state index is 14.1. The van der Waals surface area contributed by atoms with Crippen LogP contribution in [-0.4, -0.2) is 49.5 Å². The third kappa shape index (κ3) is 6.97. The maximum absolute atomic E-state index is 14.1. The third-order valence-corrected chi connectivity index (χ3v) is 7.92. The first-order chi connectivity index (χ1) is 18.7. The van der Waals surface area contributed by atoms with E-state index in [4.69, 9.17) is 46.4 Å². The number of amides is 1. The van der Waals surface area contributed by atoms with Crippen molar-refractivity contribution in [2.45, 2.75) is 29.2 Å². The summed E-state index contributed by atoms with van der Waals surface area (Å²) in [4.78, 5) is 24.1. The molecule has 0 heterocycles. The zero-order chi connectivity index (χ0) is 33.0. The number of aromatic carboxylic acids is 1. The Morgan fingerprint density at radius 2 is 1.21 bits per heavy atom. The van der Waals surface area contributed by atoms with Crippen LogP contribution in [0.25, 0.3) is 0 Å². The molecule has 2 rings (SSSR count). The van der Waals surface area contributed by atoms with Gasteiger partial charge >= 0.3 is 90.7 Å². The fourth-order valence-corrected chi connectivity index (χ4v) is 4.67. The van der Waals surface area contributed by atoms with E-state index in [2.05, 4.69) is 4.18 Å². The first-order valence-corrected chi connectivity index (χ1v) is 12.6. The van der Waals surface area contributed by atoms with Crippen LogP contribution >= 0.6 is 46.4 Å². The molecule has 2 aromatic rings. The molecule has 2 aromatic carbocycles. The maximum Gasteiger partial charge on any atom is 1.00 e. The molecular formula is C19H5Cl4F11KNO6S. The molecule has 0 aromatic heterocycles. The van der Waals surface area contributed by atoms with Crippen LogP contribution in [0.1, 0.15) is 20.7 Å². The van der Waals surface area contributed by atoms with Gasteiger partial charge in [-0.15, -0.1) is 0 Å². The molecule has 0 fully saturated rings. The molecule has 0 saturated heterocycles. The molecule has 0 aliphatic carbocycles. The van der Waals surface area contributed by atoms with Crippen LogP contribution in [0, 0.1) is 0 Å². The van der Waals surface area contributed by atoms with E-state index in [0.29, 0.717) is 12.1 Å². The molecule has 0 aliphatic heterocycles. The summed E-state index contributed by atoms with van der Waals surface area (Å²) in [6, 6.07) is 1.91. The molecule has 0 spiro atoms. The Balaban J connectivity index is 0.00000924. The minimum absolute atomic E-state index is 0. The number of hydrogen-bond acceptors (Lipinski definition) is 6. The summed E-state index contributed by atoms with van der Waals surface area (Å²) in [5.41, 5.74) is -2.93. The predicted molar refractivity (Wildman–Crippen MR) is 121 cm³/mol. The second-order valence-corrected chi connectivity index (χ2v) is 10.7. The standard InChI is InChI=1S/C19H6Cl4F11NO6S.K/c20-9-7(8(14(37)38)10(21)12(23)11(9)22)13(36)35-5-2-1-3-6(4-5)41-42(39,40)19(33,34)17(28,29)15(24,25)16(26,27)18(30,31)32;/h1-4H,(H,35,36)(H,37,38);/q;+1/p-1. The second kappa shape index (κ2) is 13.1. The SMILES string of the molecule is O=C([O-])c1c(Cl)c(Cl)c(Cl)c(Cl)c1C(=O)Nc1cccc(OS(=O)(=O)C(F)(F)C(F)(F)C(F)(F)C(F)(F)C(F)(F)F)c1.[K+]. The van der Waals surface area contributed by atoms with Gasteiger partial charge < -0.3 is 19.4 Å². The summed E-state index contributed by atoms with van der Waals surface area (Å²) in [6.07, 6.45) is -7.54. The van der Waals surface area contributed by atoms with Crippen molar-refractivity contribution in [2.24, 2.45) is 0 Å². The normalized spacial score (nSPS) is 13.3. The Morgan fingerprint density at radius 3 is 1.65 bits per heavy atom. The van der Waals surface area contributed by atoms with Crippen LogP contribution in [0.2, 0.25) is 20.1 Å². The van der Waals surface area contributed by atoms with Crippen molar-refractivity contribution < 1.29 is 127 Å². The predicted octanol–water partition coefficient (Wildman–Crippen LogP) is 3.69. The Morgan fingerprint density at radius 1 is 0.744 bits per heavy atom. The van der Waals surface area contributed by atoms with Crippen molar-refractivity contribution in [3.63, 3.8) is 0 Å². The second-order valence-electron chi connectivity index (χ2n) is 7.55. The van der Waals surface area contributed by atoms with E-state index in [9.17, 15) is 71.4 Å². The van der Waals surface area contributed by atoms with E-state index in [1.165, 1.54) is 0 Å². The summed E-state index contributed by atoms with van der Waals surface area (Å²) < 4.78 is 172. The van der Waals surface area contributed by atoms with Crippen molar-refractivity contribution in [1.29, 1.82) is 0 Å². The van der Waals surface area contributed by atoms with Crippen LogP contribution in [-0.2, 0) is 10.1 Å². The molecule has 0 aliphatic rings. The van der Waals surface area contributed by atoms with E-state index in [0.717, 1.165) is 6.07 Å². The zero-order valence-electron chi connectivity index (χ0n) is 19.8. The first-order valence-electron chi connectivity index (χ1n) is 9.68. The first kappa shape index (κ1) is 40.2. The number of carboxylic acids is 1. The number of rotatable bonds is 9. The smallest absolute Gasteiger partial charge is 0.545 e. The van der Waals surface area contributed by atoms with Gasteiger partial charge in [-0.25, -0.2) is 0 Å². The van der Waals surface area contributed by atoms with Gasteiger partial charge in [-0.1, -0.05) is 52.5 Å². The Hall–Kier alpha value is -0.844. The molecule has 0 saturated carbocycles. The van der Waals surface area contributed by atoms with Crippen LogP contribution in [0.3, 0.4) is 0 Å². The Kier molecular flexibility index (Phi) is 12.2. The number of carbonyl (C=O) groups excluding carboxylic acids is 2. The summed E-state index contributed by atoms with van der Waals surface area (Å²) >= 11 is 23.0. The van der Waals surface area contributed by atoms with Crippen LogP contribution in [0.15, 0.2) is 24.3 Å². The number of halogens is 15. The van der Waals surface area contributed by atoms with Crippen molar-refractivity contribution in [3.05, 3.63) is 55.5 Å². The molecule has 24 heteroatoms. The van der Waals surface area contributed by atoms with Gasteiger partial charge in [-0.2, -0.15) is 56.7 Å². The van der Waals surface area contributed by atoms with Gasteiger partial charge in [0.15, 0.2) is 0 Å². The largest absolute Gasteiger partial charge is 1.00 e. The molecule has 234 valence electrons. The van der Waals surface area contributed by atoms with E-state index >= 15 is 0 Å². The molecule has 1 N–H and O–H groups in total.